The maximum absolute atomic E-state index is 8.77. The number of hydrogen-bond acceptors (Lipinski definition) is 4. The van der Waals surface area contributed by atoms with Gasteiger partial charge in [-0.2, -0.15) is 0 Å². The molecule has 0 saturated heterocycles. The summed E-state index contributed by atoms with van der Waals surface area (Å²) < 4.78 is 0. The summed E-state index contributed by atoms with van der Waals surface area (Å²) in [7, 11) is 0. The van der Waals surface area contributed by atoms with Gasteiger partial charge in [-0.25, -0.2) is 0 Å². The van der Waals surface area contributed by atoms with Gasteiger partial charge in [0.05, 0.1) is 0 Å². The zero-order chi connectivity index (χ0) is 7.28. The van der Waals surface area contributed by atoms with E-state index < -0.39 is 12.5 Å². The minimum Gasteiger partial charge on any atom is -0.379 e. The van der Waals surface area contributed by atoms with Crippen LogP contribution in [0.15, 0.2) is 0 Å². The van der Waals surface area contributed by atoms with Crippen molar-refractivity contribution >= 4 is 12.4 Å². The van der Waals surface area contributed by atoms with E-state index in [1.165, 1.54) is 0 Å². The van der Waals surface area contributed by atoms with Crippen molar-refractivity contribution in [2.45, 2.75) is 25.9 Å². The molecule has 0 aromatic heterocycles. The van der Waals surface area contributed by atoms with E-state index in [1.54, 1.807) is 6.92 Å². The molecule has 0 aromatic rings. The van der Waals surface area contributed by atoms with Gasteiger partial charge in [0.2, 0.25) is 0 Å². The molecule has 0 saturated carbocycles. The van der Waals surface area contributed by atoms with Crippen molar-refractivity contribution in [3.05, 3.63) is 0 Å². The van der Waals surface area contributed by atoms with Crippen LogP contribution in [0.1, 0.15) is 13.3 Å². The quantitative estimate of drug-likeness (QED) is 0.411. The van der Waals surface area contributed by atoms with E-state index >= 15 is 0 Å². The van der Waals surface area contributed by atoms with Crippen LogP contribution in [-0.4, -0.2) is 34.4 Å². The van der Waals surface area contributed by atoms with Crippen molar-refractivity contribution in [2.24, 2.45) is 0 Å². The third-order valence-electron chi connectivity index (χ3n) is 0.923. The lowest BCUT2D eigenvalue weighted by Gasteiger charge is -2.10. The summed E-state index contributed by atoms with van der Waals surface area (Å²) in [5.41, 5.74) is 0. The molecule has 0 radical (unpaired) electrons. The largest absolute Gasteiger partial charge is 0.379 e. The van der Waals surface area contributed by atoms with E-state index in [9.17, 15) is 0 Å². The summed E-state index contributed by atoms with van der Waals surface area (Å²) >= 11 is 0. The summed E-state index contributed by atoms with van der Waals surface area (Å²) in [4.78, 5) is 0. The van der Waals surface area contributed by atoms with E-state index in [1.807, 2.05) is 0 Å². The maximum atomic E-state index is 8.77. The van der Waals surface area contributed by atoms with Crippen molar-refractivity contribution in [1.29, 1.82) is 0 Å². The summed E-state index contributed by atoms with van der Waals surface area (Å²) in [6.45, 7) is 1.80. The average Bonchev–Trinajstić information content (AvgIpc) is 1.83. The SMILES string of the molecule is CCC(O)NCC(O)O.Cl. The second kappa shape index (κ2) is 7.24. The average molecular weight is 172 g/mol. The highest BCUT2D eigenvalue weighted by Crippen LogP contribution is 1.82. The molecular weight excluding hydrogens is 158 g/mol. The first-order valence-electron chi connectivity index (χ1n) is 2.94. The van der Waals surface area contributed by atoms with Crippen LogP contribution in [0.2, 0.25) is 0 Å². The number of aliphatic hydroxyl groups excluding tert-OH is 2. The van der Waals surface area contributed by atoms with Gasteiger partial charge in [-0.1, -0.05) is 6.92 Å². The van der Waals surface area contributed by atoms with E-state index in [0.717, 1.165) is 0 Å². The van der Waals surface area contributed by atoms with Gasteiger partial charge in [0, 0.05) is 6.54 Å². The Labute approximate surface area is 66.3 Å². The zero-order valence-electron chi connectivity index (χ0n) is 5.82. The molecule has 0 rings (SSSR count). The summed E-state index contributed by atoms with van der Waals surface area (Å²) in [5.74, 6) is 0. The van der Waals surface area contributed by atoms with Crippen LogP contribution >= 0.6 is 12.4 Å². The van der Waals surface area contributed by atoms with Gasteiger partial charge in [0.15, 0.2) is 6.29 Å². The molecule has 0 aliphatic carbocycles. The van der Waals surface area contributed by atoms with E-state index in [4.69, 9.17) is 15.3 Å². The molecule has 1 unspecified atom stereocenters. The highest BCUT2D eigenvalue weighted by Gasteiger charge is 2.00. The van der Waals surface area contributed by atoms with Crippen molar-refractivity contribution in [1.82, 2.24) is 5.32 Å². The molecule has 4 nitrogen and oxygen atoms in total. The molecule has 0 bridgehead atoms. The number of halogens is 1. The Balaban J connectivity index is 0. The van der Waals surface area contributed by atoms with Gasteiger partial charge in [0.1, 0.15) is 6.23 Å². The Hall–Kier alpha value is 0.130. The molecule has 0 heterocycles. The minimum absolute atomic E-state index is 0. The molecule has 1 atom stereocenters. The van der Waals surface area contributed by atoms with E-state index in [-0.39, 0.29) is 19.0 Å². The Morgan fingerprint density at radius 3 is 2.10 bits per heavy atom. The predicted octanol–water partition coefficient (Wildman–Crippen LogP) is -0.963. The summed E-state index contributed by atoms with van der Waals surface area (Å²) in [6, 6.07) is 0. The van der Waals surface area contributed by atoms with Gasteiger partial charge in [-0.05, 0) is 6.42 Å². The summed E-state index contributed by atoms with van der Waals surface area (Å²) in [6.07, 6.45) is -1.45. The third-order valence-corrected chi connectivity index (χ3v) is 0.923. The van der Waals surface area contributed by atoms with Gasteiger partial charge in [-0.3, -0.25) is 5.32 Å². The predicted molar refractivity (Wildman–Crippen MR) is 39.8 cm³/mol. The second-order valence-corrected chi connectivity index (χ2v) is 1.81. The Kier molecular flexibility index (Phi) is 9.25. The van der Waals surface area contributed by atoms with Crippen molar-refractivity contribution < 1.29 is 15.3 Å². The maximum Gasteiger partial charge on any atom is 0.164 e. The molecule has 0 spiro atoms. The first-order chi connectivity index (χ1) is 4.16. The Bertz CT molecular complexity index is 71.9. The topological polar surface area (TPSA) is 72.7 Å². The Morgan fingerprint density at radius 2 is 1.80 bits per heavy atom. The number of aliphatic hydroxyl groups is 3. The molecule has 64 valence electrons. The molecule has 0 amide bonds. The van der Waals surface area contributed by atoms with Crippen LogP contribution in [0.4, 0.5) is 0 Å². The third kappa shape index (κ3) is 8.13. The van der Waals surface area contributed by atoms with Crippen LogP contribution < -0.4 is 5.32 Å². The van der Waals surface area contributed by atoms with Crippen molar-refractivity contribution in [3.8, 4) is 0 Å². The first kappa shape index (κ1) is 12.8. The fourth-order valence-electron chi connectivity index (χ4n) is 0.386. The molecule has 0 fully saturated rings. The van der Waals surface area contributed by atoms with Crippen molar-refractivity contribution in [3.63, 3.8) is 0 Å². The summed E-state index contributed by atoms with van der Waals surface area (Å²) in [5, 5.41) is 27.8. The molecule has 5 heteroatoms. The first-order valence-corrected chi connectivity index (χ1v) is 2.94. The van der Waals surface area contributed by atoms with Gasteiger partial charge in [0.25, 0.3) is 0 Å². The number of rotatable bonds is 4. The van der Waals surface area contributed by atoms with E-state index in [2.05, 4.69) is 5.32 Å². The van der Waals surface area contributed by atoms with E-state index in [0.29, 0.717) is 6.42 Å². The molecule has 0 aromatic carbocycles. The smallest absolute Gasteiger partial charge is 0.164 e. The minimum atomic E-state index is -1.38. The lowest BCUT2D eigenvalue weighted by Crippen LogP contribution is -2.34. The molecule has 0 aliphatic heterocycles. The van der Waals surface area contributed by atoms with Crippen LogP contribution in [0.3, 0.4) is 0 Å². The van der Waals surface area contributed by atoms with Gasteiger partial charge < -0.3 is 15.3 Å². The molecular formula is C5H14ClNO3. The molecule has 10 heavy (non-hydrogen) atoms. The highest BCUT2D eigenvalue weighted by atomic mass is 35.5. The van der Waals surface area contributed by atoms with Gasteiger partial charge in [-0.15, -0.1) is 12.4 Å². The molecule has 4 N–H and O–H groups in total. The van der Waals surface area contributed by atoms with Crippen LogP contribution in [0.5, 0.6) is 0 Å². The van der Waals surface area contributed by atoms with Crippen LogP contribution in [0, 0.1) is 0 Å². The van der Waals surface area contributed by atoms with Crippen LogP contribution in [-0.2, 0) is 0 Å². The number of nitrogens with one attached hydrogen (secondary N) is 1. The zero-order valence-corrected chi connectivity index (χ0v) is 6.64. The lowest BCUT2D eigenvalue weighted by molar-refractivity contribution is -0.0467. The van der Waals surface area contributed by atoms with Gasteiger partial charge >= 0.3 is 0 Å². The monoisotopic (exact) mass is 171 g/mol. The normalized spacial score (nSPS) is 12.9. The highest BCUT2D eigenvalue weighted by molar-refractivity contribution is 5.85. The van der Waals surface area contributed by atoms with Crippen molar-refractivity contribution in [2.75, 3.05) is 6.54 Å². The molecule has 0 aliphatic rings. The Morgan fingerprint density at radius 1 is 1.30 bits per heavy atom. The second-order valence-electron chi connectivity index (χ2n) is 1.81. The standard InChI is InChI=1S/C5H13NO3.ClH/c1-2-4(7)6-3-5(8)9;/h4-9H,2-3H2,1H3;1H. The fraction of sp³-hybridized carbons (Fsp3) is 1.00. The lowest BCUT2D eigenvalue weighted by atomic mass is 10.4. The van der Waals surface area contributed by atoms with Crippen LogP contribution in [0.25, 0.3) is 0 Å². The number of hydrogen-bond donors (Lipinski definition) is 4. The fourth-order valence-corrected chi connectivity index (χ4v) is 0.386.